The highest BCUT2D eigenvalue weighted by atomic mass is 16.5. The maximum absolute atomic E-state index is 13.3. The zero-order valence-electron chi connectivity index (χ0n) is 22.3. The van der Waals surface area contributed by atoms with Crippen LogP contribution in [0.15, 0.2) is 64.1 Å². The fourth-order valence-electron chi connectivity index (χ4n) is 5.02. The van der Waals surface area contributed by atoms with E-state index >= 15 is 0 Å². The molecule has 6 rings (SSSR count). The Kier molecular flexibility index (Phi) is 6.37. The van der Waals surface area contributed by atoms with Crippen LogP contribution >= 0.6 is 0 Å². The van der Waals surface area contributed by atoms with Crippen molar-refractivity contribution in [3.05, 3.63) is 82.0 Å². The van der Waals surface area contributed by atoms with Crippen LogP contribution < -0.4 is 19.6 Å². The van der Waals surface area contributed by atoms with Gasteiger partial charge in [-0.3, -0.25) is 9.59 Å². The number of hydrogen-bond donors (Lipinski definition) is 4. The number of aromatic hydroxyl groups is 4. The average molecular weight is 573 g/mol. The molecule has 0 saturated heterocycles. The Labute approximate surface area is 237 Å². The molecule has 0 aliphatic carbocycles. The Morgan fingerprint density at radius 3 is 2.52 bits per heavy atom. The Balaban J connectivity index is 1.50. The number of carbonyl (C=O) groups is 1. The van der Waals surface area contributed by atoms with Gasteiger partial charge in [-0.2, -0.15) is 0 Å². The number of phenolic OH excluding ortho intramolecular Hbond substituents is 3. The molecule has 42 heavy (non-hydrogen) atoms. The monoisotopic (exact) mass is 572 g/mol. The third-order valence-electron chi connectivity index (χ3n) is 7.17. The first kappa shape index (κ1) is 26.6. The molecule has 0 radical (unpaired) electrons. The van der Waals surface area contributed by atoms with E-state index in [1.54, 1.807) is 30.6 Å². The predicted octanol–water partition coefficient (Wildman–Crippen LogP) is 4.04. The molecule has 1 aliphatic heterocycles. The number of rotatable bonds is 6. The van der Waals surface area contributed by atoms with E-state index < -0.39 is 40.3 Å². The number of methoxy groups -OCH3 is 1. The largest absolute Gasteiger partial charge is 0.507 e. The van der Waals surface area contributed by atoms with Gasteiger partial charge in [0.2, 0.25) is 11.2 Å². The maximum Gasteiger partial charge on any atom is 0.312 e. The molecule has 5 aromatic rings. The Bertz CT molecular complexity index is 1940. The molecule has 4 N–H and O–H groups in total. The van der Waals surface area contributed by atoms with Gasteiger partial charge in [-0.15, -0.1) is 0 Å². The first-order valence-corrected chi connectivity index (χ1v) is 12.7. The molecule has 12 nitrogen and oxygen atoms in total. The SMILES string of the molecule is COc1cc([C@@H]2CC(=O)Oc3cc(O)c4c(=O)c(O)c(-c5ccc(O)c(O)c5)oc4c32)ccc1OCc1nccn1C. The standard InChI is InChI=1S/C30H24N2O10/c1-32-8-7-31-23(32)13-40-20-6-4-14(10-21(20)39-2)16-11-24(36)41-22-12-19(35)26-27(37)28(38)29(42-30(26)25(16)22)15-3-5-17(33)18(34)9-15/h3-10,12,16,33-35,38H,11,13H2,1-2H3/t16-/m0/s1. The third-order valence-corrected chi connectivity index (χ3v) is 7.17. The van der Waals surface area contributed by atoms with E-state index in [9.17, 15) is 30.0 Å². The highest BCUT2D eigenvalue weighted by molar-refractivity contribution is 5.94. The molecule has 0 bridgehead atoms. The zero-order chi connectivity index (χ0) is 29.7. The molecule has 3 heterocycles. The quantitative estimate of drug-likeness (QED) is 0.131. The molecule has 0 unspecified atom stereocenters. The van der Waals surface area contributed by atoms with Crippen LogP contribution in [0.4, 0.5) is 0 Å². The van der Waals surface area contributed by atoms with Gasteiger partial charge in [0.15, 0.2) is 28.8 Å². The lowest BCUT2D eigenvalue weighted by atomic mass is 9.85. The molecule has 1 atom stereocenters. The predicted molar refractivity (Wildman–Crippen MR) is 147 cm³/mol. The minimum Gasteiger partial charge on any atom is -0.507 e. The lowest BCUT2D eigenvalue weighted by Crippen LogP contribution is -2.22. The smallest absolute Gasteiger partial charge is 0.312 e. The molecule has 0 amide bonds. The highest BCUT2D eigenvalue weighted by Crippen LogP contribution is 2.48. The molecule has 0 fully saturated rings. The summed E-state index contributed by atoms with van der Waals surface area (Å²) in [7, 11) is 3.33. The molecule has 3 aromatic carbocycles. The summed E-state index contributed by atoms with van der Waals surface area (Å²) in [6.45, 7) is 0.186. The third kappa shape index (κ3) is 4.38. The minimum atomic E-state index is -0.939. The maximum atomic E-state index is 13.3. The van der Waals surface area contributed by atoms with Crippen LogP contribution in [-0.4, -0.2) is 43.1 Å². The Morgan fingerprint density at radius 1 is 1.00 bits per heavy atom. The van der Waals surface area contributed by atoms with Gasteiger partial charge in [0.25, 0.3) is 0 Å². The van der Waals surface area contributed by atoms with Crippen molar-refractivity contribution in [1.29, 1.82) is 0 Å². The second-order valence-corrected chi connectivity index (χ2v) is 9.71. The number of ether oxygens (including phenoxy) is 3. The highest BCUT2D eigenvalue weighted by Gasteiger charge is 2.35. The lowest BCUT2D eigenvalue weighted by Gasteiger charge is -2.26. The molecule has 0 saturated carbocycles. The van der Waals surface area contributed by atoms with Crippen molar-refractivity contribution >= 4 is 16.9 Å². The van der Waals surface area contributed by atoms with Crippen LogP contribution in [0.25, 0.3) is 22.3 Å². The number of aryl methyl sites for hydroxylation is 1. The summed E-state index contributed by atoms with van der Waals surface area (Å²) < 4.78 is 24.8. The fraction of sp³-hybridized carbons (Fsp3) is 0.167. The molecule has 1 aliphatic rings. The Morgan fingerprint density at radius 2 is 1.81 bits per heavy atom. The van der Waals surface area contributed by atoms with Gasteiger partial charge in [-0.25, -0.2) is 4.98 Å². The van der Waals surface area contributed by atoms with Crippen LogP contribution in [0.2, 0.25) is 0 Å². The number of imidazole rings is 1. The summed E-state index contributed by atoms with van der Waals surface area (Å²) in [5.74, 6) is -2.41. The van der Waals surface area contributed by atoms with E-state index in [0.717, 1.165) is 12.1 Å². The molecule has 2 aromatic heterocycles. The van der Waals surface area contributed by atoms with Crippen molar-refractivity contribution in [2.75, 3.05) is 7.11 Å². The average Bonchev–Trinajstić information content (AvgIpc) is 3.38. The Hall–Kier alpha value is -5.65. The molecule has 12 heteroatoms. The summed E-state index contributed by atoms with van der Waals surface area (Å²) in [5, 5.41) is 40.8. The van der Waals surface area contributed by atoms with Crippen molar-refractivity contribution in [3.8, 4) is 51.6 Å². The van der Waals surface area contributed by atoms with Gasteiger partial charge >= 0.3 is 5.97 Å². The van der Waals surface area contributed by atoms with Crippen LogP contribution in [0.5, 0.6) is 40.2 Å². The fourth-order valence-corrected chi connectivity index (χ4v) is 5.02. The van der Waals surface area contributed by atoms with Gasteiger partial charge in [-0.1, -0.05) is 6.07 Å². The normalized spacial score (nSPS) is 14.4. The number of esters is 1. The van der Waals surface area contributed by atoms with Crippen LogP contribution in [-0.2, 0) is 18.4 Å². The number of benzene rings is 3. The summed E-state index contributed by atoms with van der Waals surface area (Å²) in [6, 6.07) is 9.86. The van der Waals surface area contributed by atoms with E-state index in [1.807, 2.05) is 11.6 Å². The van der Waals surface area contributed by atoms with Crippen molar-refractivity contribution in [2.24, 2.45) is 7.05 Å². The van der Waals surface area contributed by atoms with E-state index in [1.165, 1.54) is 19.2 Å². The second-order valence-electron chi connectivity index (χ2n) is 9.71. The number of fused-ring (bicyclic) bond motifs is 3. The second kappa shape index (κ2) is 10.1. The molecular formula is C30H24N2O10. The van der Waals surface area contributed by atoms with Gasteiger partial charge < -0.3 is 43.6 Å². The summed E-state index contributed by atoms with van der Waals surface area (Å²) in [4.78, 5) is 30.2. The molecule has 0 spiro atoms. The van der Waals surface area contributed by atoms with Gasteiger partial charge in [0.1, 0.15) is 34.9 Å². The summed E-state index contributed by atoms with van der Waals surface area (Å²) >= 11 is 0. The van der Waals surface area contributed by atoms with Gasteiger partial charge in [0, 0.05) is 42.6 Å². The molecule has 214 valence electrons. The number of phenols is 3. The number of aromatic nitrogens is 2. The topological polar surface area (TPSA) is 174 Å². The number of nitrogens with zero attached hydrogens (tertiary/aromatic N) is 2. The number of hydrogen-bond acceptors (Lipinski definition) is 11. The van der Waals surface area contributed by atoms with Gasteiger partial charge in [0.05, 0.1) is 13.5 Å². The lowest BCUT2D eigenvalue weighted by molar-refractivity contribution is -0.135. The first-order valence-electron chi connectivity index (χ1n) is 12.7. The van der Waals surface area contributed by atoms with Crippen molar-refractivity contribution < 1.29 is 43.8 Å². The number of carbonyl (C=O) groups excluding carboxylic acids is 1. The van der Waals surface area contributed by atoms with Crippen molar-refractivity contribution in [2.45, 2.75) is 18.9 Å². The first-order chi connectivity index (χ1) is 20.2. The zero-order valence-corrected chi connectivity index (χ0v) is 22.3. The van der Waals surface area contributed by atoms with E-state index in [4.69, 9.17) is 18.6 Å². The van der Waals surface area contributed by atoms with E-state index in [2.05, 4.69) is 4.98 Å². The van der Waals surface area contributed by atoms with E-state index in [0.29, 0.717) is 22.9 Å². The van der Waals surface area contributed by atoms with Gasteiger partial charge in [-0.05, 0) is 35.9 Å². The van der Waals surface area contributed by atoms with Crippen LogP contribution in [0.1, 0.15) is 29.3 Å². The van der Waals surface area contributed by atoms with E-state index in [-0.39, 0.29) is 46.6 Å². The van der Waals surface area contributed by atoms with Crippen LogP contribution in [0, 0.1) is 0 Å². The summed E-state index contributed by atoms with van der Waals surface area (Å²) in [6.07, 6.45) is 3.33. The minimum absolute atomic E-state index is 0.0244. The van der Waals surface area contributed by atoms with Crippen molar-refractivity contribution in [1.82, 2.24) is 9.55 Å². The molecular weight excluding hydrogens is 548 g/mol. The van der Waals surface area contributed by atoms with Crippen molar-refractivity contribution in [3.63, 3.8) is 0 Å². The summed E-state index contributed by atoms with van der Waals surface area (Å²) in [5.41, 5.74) is -0.0976. The van der Waals surface area contributed by atoms with Crippen LogP contribution in [0.3, 0.4) is 0 Å².